The highest BCUT2D eigenvalue weighted by Gasteiger charge is 2.31. The van der Waals surface area contributed by atoms with Gasteiger partial charge < -0.3 is 20.1 Å². The van der Waals surface area contributed by atoms with Crippen LogP contribution < -0.4 is 5.32 Å². The van der Waals surface area contributed by atoms with Crippen molar-refractivity contribution in [3.05, 3.63) is 0 Å². The molecule has 2 unspecified atom stereocenters. The maximum atomic E-state index is 11.8. The van der Waals surface area contributed by atoms with Crippen molar-refractivity contribution in [2.24, 2.45) is 11.8 Å². The molecule has 24 heavy (non-hydrogen) atoms. The van der Waals surface area contributed by atoms with Gasteiger partial charge in [0.2, 0.25) is 0 Å². The number of nitrogens with one attached hydrogen (secondary N) is 1. The number of rotatable bonds is 4. The summed E-state index contributed by atoms with van der Waals surface area (Å²) in [6.07, 6.45) is 4.27. The molecule has 0 aromatic rings. The van der Waals surface area contributed by atoms with E-state index in [0.29, 0.717) is 5.92 Å². The molecule has 0 aromatic carbocycles. The van der Waals surface area contributed by atoms with Gasteiger partial charge in [-0.15, -0.1) is 12.4 Å². The molecule has 0 bridgehead atoms. The molecule has 1 amide bonds. The molecule has 1 aliphatic carbocycles. The maximum absolute atomic E-state index is 11.8. The fraction of sp³-hybridized carbons (Fsp3) is 0.882. The number of halogens is 1. The van der Waals surface area contributed by atoms with Crippen molar-refractivity contribution in [2.75, 3.05) is 19.6 Å². The molecule has 1 heterocycles. The van der Waals surface area contributed by atoms with E-state index in [9.17, 15) is 9.59 Å². The molecule has 7 heteroatoms. The van der Waals surface area contributed by atoms with Gasteiger partial charge in [0.25, 0.3) is 0 Å². The summed E-state index contributed by atoms with van der Waals surface area (Å²) in [6, 6.07) is 0.200. The van der Waals surface area contributed by atoms with Crippen LogP contribution >= 0.6 is 12.4 Å². The number of carboxylic acid groups (broad SMARTS) is 1. The van der Waals surface area contributed by atoms with Gasteiger partial charge in [0.1, 0.15) is 5.60 Å². The van der Waals surface area contributed by atoms with E-state index in [-0.39, 0.29) is 30.5 Å². The fourth-order valence-electron chi connectivity index (χ4n) is 3.57. The first-order valence-electron chi connectivity index (χ1n) is 8.67. The third-order valence-corrected chi connectivity index (χ3v) is 4.72. The second-order valence-electron chi connectivity index (χ2n) is 7.94. The highest BCUT2D eigenvalue weighted by molar-refractivity contribution is 5.85. The smallest absolute Gasteiger partial charge is 0.407 e. The van der Waals surface area contributed by atoms with Gasteiger partial charge in [-0.25, -0.2) is 4.79 Å². The number of amides is 1. The van der Waals surface area contributed by atoms with Gasteiger partial charge in [0.15, 0.2) is 0 Å². The van der Waals surface area contributed by atoms with E-state index >= 15 is 0 Å². The van der Waals surface area contributed by atoms with Crippen molar-refractivity contribution in [3.63, 3.8) is 0 Å². The topological polar surface area (TPSA) is 78.9 Å². The van der Waals surface area contributed by atoms with E-state index < -0.39 is 11.6 Å². The van der Waals surface area contributed by atoms with Crippen molar-refractivity contribution >= 4 is 24.5 Å². The number of hydrogen-bond donors (Lipinski definition) is 2. The van der Waals surface area contributed by atoms with Crippen LogP contribution in [0.2, 0.25) is 0 Å². The zero-order valence-corrected chi connectivity index (χ0v) is 15.7. The Morgan fingerprint density at radius 2 is 1.79 bits per heavy atom. The van der Waals surface area contributed by atoms with Crippen molar-refractivity contribution in [3.8, 4) is 0 Å². The van der Waals surface area contributed by atoms with Crippen molar-refractivity contribution in [2.45, 2.75) is 64.5 Å². The third kappa shape index (κ3) is 6.85. The largest absolute Gasteiger partial charge is 0.481 e. The van der Waals surface area contributed by atoms with Crippen molar-refractivity contribution in [1.82, 2.24) is 10.2 Å². The van der Waals surface area contributed by atoms with E-state index in [1.807, 2.05) is 20.8 Å². The Morgan fingerprint density at radius 1 is 1.17 bits per heavy atom. The number of carbonyl (C=O) groups is 2. The Balaban J connectivity index is 0.00000288. The normalized spacial score (nSPS) is 25.8. The van der Waals surface area contributed by atoms with Crippen LogP contribution in [0.15, 0.2) is 0 Å². The quantitative estimate of drug-likeness (QED) is 0.803. The van der Waals surface area contributed by atoms with Crippen LogP contribution in [0.1, 0.15) is 52.9 Å². The molecule has 0 radical (unpaired) electrons. The molecule has 1 saturated heterocycles. The number of likely N-dealkylation sites (tertiary alicyclic amines) is 1. The molecule has 140 valence electrons. The Hall–Kier alpha value is -1.01. The van der Waals surface area contributed by atoms with Crippen LogP contribution in [0.25, 0.3) is 0 Å². The Bertz CT molecular complexity index is 431. The van der Waals surface area contributed by atoms with Gasteiger partial charge in [-0.2, -0.15) is 0 Å². The van der Waals surface area contributed by atoms with Crippen LogP contribution in [-0.4, -0.2) is 53.3 Å². The highest BCUT2D eigenvalue weighted by Crippen LogP contribution is 2.28. The first-order valence-corrected chi connectivity index (χ1v) is 8.67. The minimum atomic E-state index is -0.660. The molecular weight excluding hydrogens is 332 g/mol. The second-order valence-corrected chi connectivity index (χ2v) is 7.94. The number of nitrogens with zero attached hydrogens (tertiary/aromatic N) is 1. The summed E-state index contributed by atoms with van der Waals surface area (Å²) < 4.78 is 5.30. The van der Waals surface area contributed by atoms with Crippen LogP contribution in [0.3, 0.4) is 0 Å². The molecule has 2 N–H and O–H groups in total. The first kappa shape index (κ1) is 21.0. The number of alkyl carbamates (subject to hydrolysis) is 1. The Morgan fingerprint density at radius 3 is 2.33 bits per heavy atom. The van der Waals surface area contributed by atoms with Crippen molar-refractivity contribution in [1.29, 1.82) is 0 Å². The van der Waals surface area contributed by atoms with E-state index in [0.717, 1.165) is 51.7 Å². The van der Waals surface area contributed by atoms with Gasteiger partial charge in [0.05, 0.1) is 5.92 Å². The van der Waals surface area contributed by atoms with Gasteiger partial charge >= 0.3 is 12.1 Å². The summed E-state index contributed by atoms with van der Waals surface area (Å²) in [6.45, 7) is 8.36. The minimum absolute atomic E-state index is 0. The average Bonchev–Trinajstić information content (AvgIpc) is 2.84. The number of piperidine rings is 1. The van der Waals surface area contributed by atoms with Gasteiger partial charge in [-0.05, 0) is 71.9 Å². The molecule has 2 atom stereocenters. The summed E-state index contributed by atoms with van der Waals surface area (Å²) in [7, 11) is 0. The predicted molar refractivity (Wildman–Crippen MR) is 94.5 cm³/mol. The maximum Gasteiger partial charge on any atom is 0.407 e. The molecule has 1 aliphatic heterocycles. The highest BCUT2D eigenvalue weighted by atomic mass is 35.5. The average molecular weight is 363 g/mol. The summed E-state index contributed by atoms with van der Waals surface area (Å²) in [5.41, 5.74) is -0.462. The van der Waals surface area contributed by atoms with Crippen LogP contribution in [0, 0.1) is 11.8 Å². The summed E-state index contributed by atoms with van der Waals surface area (Å²) in [5, 5.41) is 12.0. The number of carbonyl (C=O) groups excluding carboxylic acids is 1. The lowest BCUT2D eigenvalue weighted by atomic mass is 9.96. The first-order chi connectivity index (χ1) is 10.7. The van der Waals surface area contributed by atoms with E-state index in [1.165, 1.54) is 0 Å². The van der Waals surface area contributed by atoms with Crippen LogP contribution in [-0.2, 0) is 9.53 Å². The lowest BCUT2D eigenvalue weighted by Gasteiger charge is -2.31. The molecule has 2 aliphatic rings. The van der Waals surface area contributed by atoms with Crippen LogP contribution in [0.5, 0.6) is 0 Å². The predicted octanol–water partition coefficient (Wildman–Crippen LogP) is 2.90. The van der Waals surface area contributed by atoms with Gasteiger partial charge in [0, 0.05) is 12.6 Å². The second kappa shape index (κ2) is 8.90. The summed E-state index contributed by atoms with van der Waals surface area (Å²) in [4.78, 5) is 25.2. The molecule has 2 rings (SSSR count). The lowest BCUT2D eigenvalue weighted by Crippen LogP contribution is -2.40. The Labute approximate surface area is 150 Å². The van der Waals surface area contributed by atoms with Crippen molar-refractivity contribution < 1.29 is 19.4 Å². The Kier molecular flexibility index (Phi) is 7.80. The standard InChI is InChI=1S/C17H30N2O4.ClH/c1-17(2,3)23-16(22)18-14-5-4-12(10-14)11-19-8-6-13(7-9-19)15(20)21;/h12-14H,4-11H2,1-3H3,(H,18,22)(H,20,21);1H. The molecule has 1 saturated carbocycles. The molecule has 0 aromatic heterocycles. The molecule has 2 fully saturated rings. The zero-order chi connectivity index (χ0) is 17.0. The molecular formula is C17H31ClN2O4. The van der Waals surface area contributed by atoms with E-state index in [2.05, 4.69) is 10.2 Å². The molecule has 6 nitrogen and oxygen atoms in total. The van der Waals surface area contributed by atoms with Gasteiger partial charge in [-0.3, -0.25) is 4.79 Å². The number of carboxylic acids is 1. The minimum Gasteiger partial charge on any atom is -0.481 e. The van der Waals surface area contributed by atoms with E-state index in [4.69, 9.17) is 9.84 Å². The summed E-state index contributed by atoms with van der Waals surface area (Å²) in [5.74, 6) is -0.250. The monoisotopic (exact) mass is 362 g/mol. The van der Waals surface area contributed by atoms with Gasteiger partial charge in [-0.1, -0.05) is 0 Å². The number of ether oxygens (including phenoxy) is 1. The lowest BCUT2D eigenvalue weighted by molar-refractivity contribution is -0.143. The number of hydrogen-bond acceptors (Lipinski definition) is 4. The summed E-state index contributed by atoms with van der Waals surface area (Å²) >= 11 is 0. The molecule has 0 spiro atoms. The zero-order valence-electron chi connectivity index (χ0n) is 14.9. The SMILES string of the molecule is CC(C)(C)OC(=O)NC1CCC(CN2CCC(C(=O)O)CC2)C1.Cl. The number of aliphatic carboxylic acids is 1. The third-order valence-electron chi connectivity index (χ3n) is 4.72. The van der Waals surface area contributed by atoms with E-state index in [1.54, 1.807) is 0 Å². The van der Waals surface area contributed by atoms with Crippen LogP contribution in [0.4, 0.5) is 4.79 Å². The fourth-order valence-corrected chi connectivity index (χ4v) is 3.57.